The fraction of sp³-hybridized carbons (Fsp3) is 0.462. The monoisotopic (exact) mass is 495 g/mol. The molecule has 2 aliphatic rings. The Morgan fingerprint density at radius 2 is 1.83 bits per heavy atom. The standard InChI is InChI=1S/C26H30ClN5O3/c1-4-16-7-6-8-17(5-2)22(16)32-24-19(13-20(27)21(28-24)18-9-10-18)23(29-25(32)33)31-12-11-30(26(34)35)14-15(31)3/h6-8,13,15,18H,4-5,9-12,14H2,1-3H3,(H,34,35). The summed E-state index contributed by atoms with van der Waals surface area (Å²) in [6, 6.07) is 7.87. The van der Waals surface area contributed by atoms with Gasteiger partial charge in [0.15, 0.2) is 5.65 Å². The van der Waals surface area contributed by atoms with Gasteiger partial charge in [-0.05, 0) is 49.8 Å². The number of anilines is 1. The number of pyridine rings is 1. The fourth-order valence-corrected chi connectivity index (χ4v) is 5.44. The third-order valence-corrected chi connectivity index (χ3v) is 7.45. The average molecular weight is 496 g/mol. The maximum Gasteiger partial charge on any atom is 0.407 e. The maximum absolute atomic E-state index is 13.7. The van der Waals surface area contributed by atoms with Crippen LogP contribution >= 0.6 is 11.6 Å². The second kappa shape index (κ2) is 9.15. The first-order valence-corrected chi connectivity index (χ1v) is 12.7. The van der Waals surface area contributed by atoms with Gasteiger partial charge in [0, 0.05) is 31.6 Å². The van der Waals surface area contributed by atoms with Crippen molar-refractivity contribution in [2.24, 2.45) is 0 Å². The molecular formula is C26H30ClN5O3. The van der Waals surface area contributed by atoms with Crippen LogP contribution in [-0.4, -0.2) is 56.3 Å². The van der Waals surface area contributed by atoms with E-state index in [4.69, 9.17) is 16.6 Å². The summed E-state index contributed by atoms with van der Waals surface area (Å²) in [5, 5.41) is 10.7. The van der Waals surface area contributed by atoms with Crippen LogP contribution in [0.4, 0.5) is 10.6 Å². The molecule has 5 rings (SSSR count). The zero-order valence-electron chi connectivity index (χ0n) is 20.3. The van der Waals surface area contributed by atoms with E-state index < -0.39 is 6.09 Å². The molecular weight excluding hydrogens is 466 g/mol. The smallest absolute Gasteiger partial charge is 0.407 e. The lowest BCUT2D eigenvalue weighted by molar-refractivity contribution is 0.136. The van der Waals surface area contributed by atoms with Crippen LogP contribution in [0.5, 0.6) is 0 Å². The Bertz CT molecular complexity index is 1350. The summed E-state index contributed by atoms with van der Waals surface area (Å²) < 4.78 is 1.66. The van der Waals surface area contributed by atoms with Gasteiger partial charge >= 0.3 is 11.8 Å². The van der Waals surface area contributed by atoms with Gasteiger partial charge in [0.2, 0.25) is 0 Å². The molecule has 35 heavy (non-hydrogen) atoms. The minimum Gasteiger partial charge on any atom is -0.465 e. The van der Waals surface area contributed by atoms with E-state index in [1.54, 1.807) is 4.57 Å². The summed E-state index contributed by atoms with van der Waals surface area (Å²) in [7, 11) is 0. The van der Waals surface area contributed by atoms with Crippen LogP contribution in [-0.2, 0) is 12.8 Å². The summed E-state index contributed by atoms with van der Waals surface area (Å²) in [6.07, 6.45) is 2.69. The molecule has 3 heterocycles. The first kappa shape index (κ1) is 23.6. The largest absolute Gasteiger partial charge is 0.465 e. The van der Waals surface area contributed by atoms with Crippen LogP contribution in [0.2, 0.25) is 5.02 Å². The maximum atomic E-state index is 13.7. The van der Waals surface area contributed by atoms with Crippen molar-refractivity contribution in [3.05, 3.63) is 56.6 Å². The van der Waals surface area contributed by atoms with Crippen LogP contribution in [0.1, 0.15) is 56.4 Å². The van der Waals surface area contributed by atoms with Crippen molar-refractivity contribution in [2.75, 3.05) is 24.5 Å². The van der Waals surface area contributed by atoms with E-state index in [0.29, 0.717) is 47.4 Å². The Kier molecular flexibility index (Phi) is 6.17. The van der Waals surface area contributed by atoms with Crippen molar-refractivity contribution < 1.29 is 9.90 Å². The molecule has 1 aromatic carbocycles. The molecule has 1 atom stereocenters. The number of nitrogens with zero attached hydrogens (tertiary/aromatic N) is 5. The summed E-state index contributed by atoms with van der Waals surface area (Å²) in [5.41, 5.74) is 4.00. The Labute approximate surface area is 209 Å². The average Bonchev–Trinajstić information content (AvgIpc) is 3.68. The van der Waals surface area contributed by atoms with Gasteiger partial charge in [-0.2, -0.15) is 4.98 Å². The first-order chi connectivity index (χ1) is 16.8. The van der Waals surface area contributed by atoms with Crippen molar-refractivity contribution in [3.8, 4) is 5.69 Å². The van der Waals surface area contributed by atoms with Gasteiger partial charge in [-0.1, -0.05) is 43.6 Å². The minimum absolute atomic E-state index is 0.151. The van der Waals surface area contributed by atoms with Gasteiger partial charge in [0.25, 0.3) is 0 Å². The molecule has 3 aromatic rings. The second-order valence-corrected chi connectivity index (χ2v) is 9.86. The minimum atomic E-state index is -0.938. The lowest BCUT2D eigenvalue weighted by Gasteiger charge is -2.39. The third kappa shape index (κ3) is 4.14. The number of piperazine rings is 1. The van der Waals surface area contributed by atoms with Crippen molar-refractivity contribution in [3.63, 3.8) is 0 Å². The van der Waals surface area contributed by atoms with Crippen LogP contribution in [0.25, 0.3) is 16.7 Å². The summed E-state index contributed by atoms with van der Waals surface area (Å²) >= 11 is 6.72. The molecule has 2 fully saturated rings. The number of aryl methyl sites for hydroxylation is 2. The molecule has 2 aromatic heterocycles. The van der Waals surface area contributed by atoms with E-state index in [9.17, 15) is 14.7 Å². The van der Waals surface area contributed by atoms with Gasteiger partial charge in [0.1, 0.15) is 5.82 Å². The fourth-order valence-electron chi connectivity index (χ4n) is 5.13. The highest BCUT2D eigenvalue weighted by Gasteiger charge is 2.32. The Morgan fingerprint density at radius 1 is 1.14 bits per heavy atom. The topological polar surface area (TPSA) is 91.6 Å². The molecule has 9 heteroatoms. The van der Waals surface area contributed by atoms with Gasteiger partial charge < -0.3 is 14.9 Å². The molecule has 1 aliphatic heterocycles. The molecule has 0 radical (unpaired) electrons. The molecule has 1 amide bonds. The number of aromatic nitrogens is 3. The Morgan fingerprint density at radius 3 is 2.40 bits per heavy atom. The lowest BCUT2D eigenvalue weighted by Crippen LogP contribution is -2.54. The summed E-state index contributed by atoms with van der Waals surface area (Å²) in [4.78, 5) is 38.2. The van der Waals surface area contributed by atoms with Crippen LogP contribution in [0.15, 0.2) is 29.1 Å². The van der Waals surface area contributed by atoms with E-state index in [1.807, 2.05) is 36.1 Å². The summed E-state index contributed by atoms with van der Waals surface area (Å²) in [6.45, 7) is 7.22. The van der Waals surface area contributed by atoms with Crippen molar-refractivity contribution in [2.45, 2.75) is 58.4 Å². The number of rotatable bonds is 5. The molecule has 0 bridgehead atoms. The first-order valence-electron chi connectivity index (χ1n) is 12.3. The lowest BCUT2D eigenvalue weighted by atomic mass is 10.0. The van der Waals surface area contributed by atoms with E-state index >= 15 is 0 Å². The highest BCUT2D eigenvalue weighted by Crippen LogP contribution is 2.43. The molecule has 0 spiro atoms. The Hall–Kier alpha value is -3.13. The van der Waals surface area contributed by atoms with Crippen LogP contribution in [0.3, 0.4) is 0 Å². The van der Waals surface area contributed by atoms with Crippen molar-refractivity contribution >= 4 is 34.5 Å². The Balaban J connectivity index is 1.77. The zero-order chi connectivity index (χ0) is 24.9. The molecule has 1 saturated carbocycles. The molecule has 1 N–H and O–H groups in total. The number of carbonyl (C=O) groups is 1. The van der Waals surface area contributed by atoms with Crippen LogP contribution < -0.4 is 10.6 Å². The number of halogens is 1. The van der Waals surface area contributed by atoms with E-state index in [1.165, 1.54) is 4.90 Å². The molecule has 1 saturated heterocycles. The molecule has 184 valence electrons. The van der Waals surface area contributed by atoms with Gasteiger partial charge in [-0.3, -0.25) is 0 Å². The van der Waals surface area contributed by atoms with E-state index in [0.717, 1.165) is 48.2 Å². The second-order valence-electron chi connectivity index (χ2n) is 9.46. The highest BCUT2D eigenvalue weighted by molar-refractivity contribution is 6.32. The van der Waals surface area contributed by atoms with E-state index in [2.05, 4.69) is 18.8 Å². The van der Waals surface area contributed by atoms with Gasteiger partial charge in [-0.25, -0.2) is 19.1 Å². The number of hydrogen-bond acceptors (Lipinski definition) is 5. The normalized spacial score (nSPS) is 18.3. The number of para-hydroxylation sites is 1. The summed E-state index contributed by atoms with van der Waals surface area (Å²) in [5.74, 6) is 0.833. The van der Waals surface area contributed by atoms with Crippen molar-refractivity contribution in [1.82, 2.24) is 19.4 Å². The number of benzene rings is 1. The zero-order valence-corrected chi connectivity index (χ0v) is 21.0. The molecule has 1 aliphatic carbocycles. The van der Waals surface area contributed by atoms with Crippen molar-refractivity contribution in [1.29, 1.82) is 0 Å². The number of amides is 1. The van der Waals surface area contributed by atoms with Crippen LogP contribution in [0, 0.1) is 0 Å². The van der Waals surface area contributed by atoms with E-state index in [-0.39, 0.29) is 11.7 Å². The molecule has 1 unspecified atom stereocenters. The SMILES string of the molecule is CCc1cccc(CC)c1-n1c(=O)nc(N2CCN(C(=O)O)CC2C)c2cc(Cl)c(C3CC3)nc21. The predicted molar refractivity (Wildman–Crippen MR) is 137 cm³/mol. The predicted octanol–water partition coefficient (Wildman–Crippen LogP) is 4.62. The number of hydrogen-bond donors (Lipinski definition) is 1. The number of fused-ring (bicyclic) bond motifs is 1. The van der Waals surface area contributed by atoms with Gasteiger partial charge in [-0.15, -0.1) is 0 Å². The number of carboxylic acid groups (broad SMARTS) is 1. The highest BCUT2D eigenvalue weighted by atomic mass is 35.5. The quantitative estimate of drug-likeness (QED) is 0.555. The molecule has 8 nitrogen and oxygen atoms in total. The van der Waals surface area contributed by atoms with Gasteiger partial charge in [0.05, 0.1) is 21.8 Å². The third-order valence-electron chi connectivity index (χ3n) is 7.15.